The van der Waals surface area contributed by atoms with Crippen LogP contribution >= 0.6 is 23.2 Å². The summed E-state index contributed by atoms with van der Waals surface area (Å²) in [5, 5.41) is 1.06. The molecule has 1 aromatic carbocycles. The highest BCUT2D eigenvalue weighted by molar-refractivity contribution is 6.42. The summed E-state index contributed by atoms with van der Waals surface area (Å²) in [6.07, 6.45) is 6.67. The highest BCUT2D eigenvalue weighted by Gasteiger charge is 2.45. The van der Waals surface area contributed by atoms with Crippen LogP contribution in [0.2, 0.25) is 10.0 Å². The van der Waals surface area contributed by atoms with Gasteiger partial charge in [-0.1, -0.05) is 29.3 Å². The Kier molecular flexibility index (Phi) is 4.77. The molecule has 0 aromatic heterocycles. The summed E-state index contributed by atoms with van der Waals surface area (Å²) in [7, 11) is 0. The molecule has 3 fully saturated rings. The summed E-state index contributed by atoms with van der Waals surface area (Å²) in [6, 6.07) is 6.50. The van der Waals surface area contributed by atoms with Crippen molar-refractivity contribution in [3.05, 3.63) is 33.8 Å². The molecule has 2 bridgehead atoms. The number of piperidine rings is 1. The van der Waals surface area contributed by atoms with Crippen LogP contribution in [-0.2, 0) is 11.2 Å². The molecular formula is C19H24Cl2N2O. The van der Waals surface area contributed by atoms with Crippen molar-refractivity contribution < 1.29 is 4.79 Å². The molecule has 0 spiro atoms. The second-order valence-electron chi connectivity index (χ2n) is 7.52. The fourth-order valence-corrected chi connectivity index (χ4v) is 5.17. The molecule has 0 unspecified atom stereocenters. The van der Waals surface area contributed by atoms with E-state index in [0.717, 1.165) is 24.4 Å². The number of amides is 1. The predicted molar refractivity (Wildman–Crippen MR) is 97.6 cm³/mol. The van der Waals surface area contributed by atoms with E-state index in [1.807, 2.05) is 12.1 Å². The van der Waals surface area contributed by atoms with Crippen LogP contribution in [0.5, 0.6) is 0 Å². The largest absolute Gasteiger partial charge is 0.338 e. The third-order valence-corrected chi connectivity index (χ3v) is 6.78. The van der Waals surface area contributed by atoms with Crippen molar-refractivity contribution in [3.63, 3.8) is 0 Å². The molecule has 1 aromatic rings. The Morgan fingerprint density at radius 1 is 1.04 bits per heavy atom. The van der Waals surface area contributed by atoms with Crippen LogP contribution in [0.15, 0.2) is 18.2 Å². The number of carbonyl (C=O) groups is 1. The molecule has 130 valence electrons. The van der Waals surface area contributed by atoms with E-state index < -0.39 is 0 Å². The van der Waals surface area contributed by atoms with Crippen molar-refractivity contribution in [2.24, 2.45) is 5.92 Å². The minimum atomic E-state index is 0.239. The Hall–Kier alpha value is -0.770. The van der Waals surface area contributed by atoms with E-state index >= 15 is 0 Å². The van der Waals surface area contributed by atoms with E-state index in [0.29, 0.717) is 28.5 Å². The first-order valence-corrected chi connectivity index (χ1v) is 9.85. The molecule has 0 N–H and O–H groups in total. The van der Waals surface area contributed by atoms with Gasteiger partial charge in [-0.25, -0.2) is 0 Å². The topological polar surface area (TPSA) is 23.6 Å². The maximum Gasteiger partial charge on any atom is 0.227 e. The molecule has 2 aliphatic heterocycles. The van der Waals surface area contributed by atoms with Gasteiger partial charge in [0.1, 0.15) is 0 Å². The van der Waals surface area contributed by atoms with E-state index in [2.05, 4.69) is 9.80 Å². The highest BCUT2D eigenvalue weighted by atomic mass is 35.5. The lowest BCUT2D eigenvalue weighted by molar-refractivity contribution is -0.134. The van der Waals surface area contributed by atoms with Crippen molar-refractivity contribution in [3.8, 4) is 0 Å². The lowest BCUT2D eigenvalue weighted by Gasteiger charge is -2.38. The molecule has 1 aliphatic carbocycles. The summed E-state index contributed by atoms with van der Waals surface area (Å²) in [5.74, 6) is 1.05. The Balaban J connectivity index is 1.47. The predicted octanol–water partition coefficient (Wildman–Crippen LogP) is 4.01. The highest BCUT2D eigenvalue weighted by Crippen LogP contribution is 2.40. The zero-order valence-electron chi connectivity index (χ0n) is 13.9. The van der Waals surface area contributed by atoms with Gasteiger partial charge in [0.15, 0.2) is 0 Å². The van der Waals surface area contributed by atoms with Crippen molar-refractivity contribution in [2.75, 3.05) is 19.6 Å². The van der Waals surface area contributed by atoms with Gasteiger partial charge in [-0.15, -0.1) is 0 Å². The lowest BCUT2D eigenvalue weighted by atomic mass is 9.98. The maximum absolute atomic E-state index is 12.9. The number of hydrogen-bond acceptors (Lipinski definition) is 2. The second kappa shape index (κ2) is 6.86. The Bertz CT molecular complexity index is 630. The normalized spacial score (nSPS) is 30.1. The molecule has 2 heterocycles. The molecule has 3 aliphatic rings. The number of nitrogens with zero attached hydrogens (tertiary/aromatic N) is 2. The molecule has 24 heavy (non-hydrogen) atoms. The molecule has 3 atom stereocenters. The molecule has 4 rings (SSSR count). The minimum Gasteiger partial charge on any atom is -0.338 e. The summed E-state index contributed by atoms with van der Waals surface area (Å²) in [4.78, 5) is 17.7. The van der Waals surface area contributed by atoms with E-state index in [9.17, 15) is 4.79 Å². The fourth-order valence-electron chi connectivity index (χ4n) is 4.85. The third kappa shape index (κ3) is 3.18. The number of carbonyl (C=O) groups excluding carboxylic acids is 1. The van der Waals surface area contributed by atoms with Crippen LogP contribution in [0.25, 0.3) is 0 Å². The molecule has 1 amide bonds. The van der Waals surface area contributed by atoms with Gasteiger partial charge >= 0.3 is 0 Å². The average Bonchev–Trinajstić information content (AvgIpc) is 3.19. The first kappa shape index (κ1) is 16.7. The van der Waals surface area contributed by atoms with Gasteiger partial charge in [0.25, 0.3) is 0 Å². The number of benzene rings is 1. The van der Waals surface area contributed by atoms with E-state index in [1.165, 1.54) is 38.8 Å². The van der Waals surface area contributed by atoms with Gasteiger partial charge < -0.3 is 4.90 Å². The Morgan fingerprint density at radius 2 is 1.79 bits per heavy atom. The van der Waals surface area contributed by atoms with E-state index in [1.54, 1.807) is 6.07 Å². The second-order valence-corrected chi connectivity index (χ2v) is 8.33. The Labute approximate surface area is 153 Å². The van der Waals surface area contributed by atoms with Crippen molar-refractivity contribution >= 4 is 29.1 Å². The zero-order chi connectivity index (χ0) is 16.7. The van der Waals surface area contributed by atoms with Crippen LogP contribution in [-0.4, -0.2) is 47.4 Å². The standard InChI is InChI=1S/C19H24Cl2N2O/c20-15-4-3-13(9-16(15)21)12-19(24)23-8-5-14-10-17(18(23)11-14)22-6-1-2-7-22/h3-4,9,14,17-18H,1-2,5-8,10-12H2/t14-,17+,18-/m1/s1. The molecule has 2 saturated heterocycles. The van der Waals surface area contributed by atoms with Crippen molar-refractivity contribution in [2.45, 2.75) is 50.6 Å². The lowest BCUT2D eigenvalue weighted by Crippen LogP contribution is -2.51. The van der Waals surface area contributed by atoms with Gasteiger partial charge in [-0.3, -0.25) is 9.69 Å². The monoisotopic (exact) mass is 366 g/mol. The number of rotatable bonds is 3. The molecular weight excluding hydrogens is 343 g/mol. The summed E-state index contributed by atoms with van der Waals surface area (Å²) < 4.78 is 0. The van der Waals surface area contributed by atoms with Gasteiger partial charge in [0.05, 0.1) is 16.5 Å². The fraction of sp³-hybridized carbons (Fsp3) is 0.632. The maximum atomic E-state index is 12.9. The minimum absolute atomic E-state index is 0.239. The van der Waals surface area contributed by atoms with E-state index in [4.69, 9.17) is 23.2 Å². The quantitative estimate of drug-likeness (QED) is 0.806. The van der Waals surface area contributed by atoms with Crippen molar-refractivity contribution in [1.82, 2.24) is 9.80 Å². The number of fused-ring (bicyclic) bond motifs is 2. The number of hydrogen-bond donors (Lipinski definition) is 0. The third-order valence-electron chi connectivity index (χ3n) is 6.04. The van der Waals surface area contributed by atoms with Crippen molar-refractivity contribution in [1.29, 1.82) is 0 Å². The molecule has 1 saturated carbocycles. The van der Waals surface area contributed by atoms with Crippen LogP contribution in [0.1, 0.15) is 37.7 Å². The summed E-state index contributed by atoms with van der Waals surface area (Å²) in [5.41, 5.74) is 0.951. The molecule has 0 radical (unpaired) electrons. The number of likely N-dealkylation sites (tertiary alicyclic amines) is 2. The summed E-state index contributed by atoms with van der Waals surface area (Å²) in [6.45, 7) is 3.34. The average molecular weight is 367 g/mol. The first-order chi connectivity index (χ1) is 11.6. The van der Waals surface area contributed by atoms with Crippen LogP contribution < -0.4 is 0 Å². The Morgan fingerprint density at radius 3 is 2.54 bits per heavy atom. The van der Waals surface area contributed by atoms with Crippen LogP contribution in [0.4, 0.5) is 0 Å². The van der Waals surface area contributed by atoms with Crippen LogP contribution in [0.3, 0.4) is 0 Å². The van der Waals surface area contributed by atoms with Gasteiger partial charge in [0, 0.05) is 18.6 Å². The van der Waals surface area contributed by atoms with Gasteiger partial charge in [-0.05, 0) is 68.8 Å². The first-order valence-electron chi connectivity index (χ1n) is 9.09. The zero-order valence-corrected chi connectivity index (χ0v) is 15.4. The SMILES string of the molecule is O=C(Cc1ccc(Cl)c(Cl)c1)N1CC[C@H]2C[C@@H]1[C@@H](N1CCCC1)C2. The van der Waals surface area contributed by atoms with Gasteiger partial charge in [0.2, 0.25) is 5.91 Å². The van der Waals surface area contributed by atoms with E-state index in [-0.39, 0.29) is 5.91 Å². The summed E-state index contributed by atoms with van der Waals surface area (Å²) >= 11 is 12.1. The number of halogens is 2. The van der Waals surface area contributed by atoms with Crippen LogP contribution in [0, 0.1) is 5.92 Å². The van der Waals surface area contributed by atoms with Gasteiger partial charge in [-0.2, -0.15) is 0 Å². The molecule has 3 nitrogen and oxygen atoms in total. The smallest absolute Gasteiger partial charge is 0.227 e. The molecule has 5 heteroatoms.